The van der Waals surface area contributed by atoms with Gasteiger partial charge in [0.1, 0.15) is 10.7 Å². The molecule has 0 amide bonds. The zero-order valence-corrected chi connectivity index (χ0v) is 11.3. The van der Waals surface area contributed by atoms with E-state index in [1.165, 1.54) is 12.8 Å². The molecule has 98 valence electrons. The van der Waals surface area contributed by atoms with Crippen LogP contribution in [0.3, 0.4) is 0 Å². The van der Waals surface area contributed by atoms with Crippen LogP contribution >= 0.6 is 12.2 Å². The van der Waals surface area contributed by atoms with E-state index in [2.05, 4.69) is 9.97 Å². The molecular weight excluding hydrogens is 248 g/mol. The van der Waals surface area contributed by atoms with E-state index in [1.54, 1.807) is 12.4 Å². The number of thiocarbonyl (C=S) groups is 1. The van der Waals surface area contributed by atoms with E-state index in [0.29, 0.717) is 18.1 Å². The molecule has 0 aliphatic heterocycles. The number of hydrogen-bond donors (Lipinski definition) is 1. The van der Waals surface area contributed by atoms with Crippen molar-refractivity contribution < 1.29 is 4.74 Å². The van der Waals surface area contributed by atoms with Crippen LogP contribution in [0.5, 0.6) is 0 Å². The van der Waals surface area contributed by atoms with Crippen LogP contribution in [0.2, 0.25) is 0 Å². The second-order valence-electron chi connectivity index (χ2n) is 4.53. The maximum atomic E-state index is 5.63. The Kier molecular flexibility index (Phi) is 4.43. The van der Waals surface area contributed by atoms with Crippen LogP contribution in [-0.4, -0.2) is 41.8 Å². The molecule has 6 heteroatoms. The van der Waals surface area contributed by atoms with Gasteiger partial charge >= 0.3 is 0 Å². The Hall–Kier alpha value is -1.27. The smallest absolute Gasteiger partial charge is 0.157 e. The summed E-state index contributed by atoms with van der Waals surface area (Å²) in [6.07, 6.45) is 5.85. The third-order valence-corrected chi connectivity index (χ3v) is 3.09. The lowest BCUT2D eigenvalue weighted by molar-refractivity contribution is 0.131. The van der Waals surface area contributed by atoms with E-state index < -0.39 is 0 Å². The first-order valence-corrected chi connectivity index (χ1v) is 6.49. The molecule has 0 spiro atoms. The van der Waals surface area contributed by atoms with E-state index >= 15 is 0 Å². The van der Waals surface area contributed by atoms with Crippen molar-refractivity contribution in [2.24, 2.45) is 11.7 Å². The van der Waals surface area contributed by atoms with E-state index in [1.807, 2.05) is 11.9 Å². The maximum Gasteiger partial charge on any atom is 0.157 e. The molecule has 1 aromatic rings. The molecule has 0 atom stereocenters. The lowest BCUT2D eigenvalue weighted by Gasteiger charge is -2.19. The number of hydrogen-bond acceptors (Lipinski definition) is 5. The van der Waals surface area contributed by atoms with Crippen molar-refractivity contribution in [2.75, 3.05) is 31.7 Å². The molecule has 1 aliphatic carbocycles. The average molecular weight is 266 g/mol. The van der Waals surface area contributed by atoms with Gasteiger partial charge in [0.05, 0.1) is 6.61 Å². The van der Waals surface area contributed by atoms with Crippen molar-refractivity contribution in [3.8, 4) is 0 Å². The fraction of sp³-hybridized carbons (Fsp3) is 0.583. The number of anilines is 1. The molecule has 0 unspecified atom stereocenters. The highest BCUT2D eigenvalue weighted by molar-refractivity contribution is 7.80. The summed E-state index contributed by atoms with van der Waals surface area (Å²) < 4.78 is 5.60. The number of aromatic nitrogens is 2. The molecule has 2 N–H and O–H groups in total. The van der Waals surface area contributed by atoms with Crippen LogP contribution in [0, 0.1) is 5.92 Å². The van der Waals surface area contributed by atoms with Crippen LogP contribution < -0.4 is 10.6 Å². The van der Waals surface area contributed by atoms with Gasteiger partial charge in [-0.25, -0.2) is 9.97 Å². The minimum atomic E-state index is 0.267. The fourth-order valence-electron chi connectivity index (χ4n) is 1.63. The summed E-state index contributed by atoms with van der Waals surface area (Å²) in [7, 11) is 1.94. The molecule has 1 aliphatic rings. The van der Waals surface area contributed by atoms with Gasteiger partial charge in [0.15, 0.2) is 5.82 Å². The summed E-state index contributed by atoms with van der Waals surface area (Å²) >= 11 is 4.96. The first-order valence-electron chi connectivity index (χ1n) is 6.08. The standard InChI is InChI=1S/C12H18N4OS/c1-16(6-7-17-8-9-2-3-9)12-10(11(13)18)14-4-5-15-12/h4-5,9H,2-3,6-8H2,1H3,(H2,13,18). The summed E-state index contributed by atoms with van der Waals surface area (Å²) in [5, 5.41) is 0. The molecule has 0 bridgehead atoms. The van der Waals surface area contributed by atoms with E-state index in [4.69, 9.17) is 22.7 Å². The molecule has 2 rings (SSSR count). The van der Waals surface area contributed by atoms with Crippen molar-refractivity contribution in [3.05, 3.63) is 18.1 Å². The van der Waals surface area contributed by atoms with Crippen LogP contribution in [0.15, 0.2) is 12.4 Å². The molecule has 18 heavy (non-hydrogen) atoms. The molecule has 0 aromatic carbocycles. The predicted octanol–water partition coefficient (Wildman–Crippen LogP) is 0.974. The number of nitrogens with zero attached hydrogens (tertiary/aromatic N) is 3. The van der Waals surface area contributed by atoms with Crippen LogP contribution in [0.1, 0.15) is 18.5 Å². The Morgan fingerprint density at radius 1 is 1.50 bits per heavy atom. The first-order chi connectivity index (χ1) is 8.68. The largest absolute Gasteiger partial charge is 0.388 e. The monoisotopic (exact) mass is 266 g/mol. The van der Waals surface area contributed by atoms with Gasteiger partial charge in [-0.3, -0.25) is 0 Å². The van der Waals surface area contributed by atoms with E-state index in [-0.39, 0.29) is 4.99 Å². The number of rotatable bonds is 7. The highest BCUT2D eigenvalue weighted by Crippen LogP contribution is 2.28. The number of nitrogens with two attached hydrogens (primary N) is 1. The Bertz CT molecular complexity index is 422. The van der Waals surface area contributed by atoms with Crippen molar-refractivity contribution >= 4 is 23.0 Å². The van der Waals surface area contributed by atoms with Gasteiger partial charge in [0.25, 0.3) is 0 Å². The zero-order valence-electron chi connectivity index (χ0n) is 10.5. The molecule has 0 radical (unpaired) electrons. The summed E-state index contributed by atoms with van der Waals surface area (Å²) in [5.41, 5.74) is 6.19. The topological polar surface area (TPSA) is 64.3 Å². The molecule has 1 saturated carbocycles. The Balaban J connectivity index is 1.86. The molecule has 1 fully saturated rings. The minimum Gasteiger partial charge on any atom is -0.388 e. The summed E-state index contributed by atoms with van der Waals surface area (Å²) in [5.74, 6) is 1.50. The molecule has 1 heterocycles. The third-order valence-electron chi connectivity index (χ3n) is 2.90. The first kappa shape index (κ1) is 13.2. The molecular formula is C12H18N4OS. The van der Waals surface area contributed by atoms with Crippen molar-refractivity contribution in [1.29, 1.82) is 0 Å². The van der Waals surface area contributed by atoms with Crippen LogP contribution in [0.25, 0.3) is 0 Å². The zero-order chi connectivity index (χ0) is 13.0. The Morgan fingerprint density at radius 3 is 2.89 bits per heavy atom. The van der Waals surface area contributed by atoms with Crippen LogP contribution in [0.4, 0.5) is 5.82 Å². The lowest BCUT2D eigenvalue weighted by atomic mass is 10.3. The summed E-state index contributed by atoms with van der Waals surface area (Å²) in [4.78, 5) is 10.7. The second-order valence-corrected chi connectivity index (χ2v) is 4.97. The van der Waals surface area contributed by atoms with Gasteiger partial charge < -0.3 is 15.4 Å². The van der Waals surface area contributed by atoms with Crippen molar-refractivity contribution in [2.45, 2.75) is 12.8 Å². The lowest BCUT2D eigenvalue weighted by Crippen LogP contribution is -2.27. The highest BCUT2D eigenvalue weighted by Gasteiger charge is 2.21. The maximum absolute atomic E-state index is 5.63. The highest BCUT2D eigenvalue weighted by atomic mass is 32.1. The summed E-state index contributed by atoms with van der Waals surface area (Å²) in [6, 6.07) is 0. The SMILES string of the molecule is CN(CCOCC1CC1)c1nccnc1C(N)=S. The molecule has 0 saturated heterocycles. The fourth-order valence-corrected chi connectivity index (χ4v) is 1.77. The predicted molar refractivity (Wildman–Crippen MR) is 74.7 cm³/mol. The van der Waals surface area contributed by atoms with Crippen LogP contribution in [-0.2, 0) is 4.74 Å². The second kappa shape index (κ2) is 6.06. The number of likely N-dealkylation sites (N-methyl/N-ethyl adjacent to an activating group) is 1. The minimum absolute atomic E-state index is 0.267. The Labute approximate surface area is 112 Å². The molecule has 5 nitrogen and oxygen atoms in total. The van der Waals surface area contributed by atoms with Crippen molar-refractivity contribution in [3.63, 3.8) is 0 Å². The normalized spacial score (nSPS) is 14.5. The van der Waals surface area contributed by atoms with Gasteiger partial charge in [-0.2, -0.15) is 0 Å². The van der Waals surface area contributed by atoms with E-state index in [9.17, 15) is 0 Å². The quantitative estimate of drug-likeness (QED) is 0.586. The average Bonchev–Trinajstić information content (AvgIpc) is 3.18. The van der Waals surface area contributed by atoms with E-state index in [0.717, 1.165) is 19.1 Å². The van der Waals surface area contributed by atoms with Gasteiger partial charge in [-0.15, -0.1) is 0 Å². The summed E-state index contributed by atoms with van der Waals surface area (Å²) in [6.45, 7) is 2.30. The third kappa shape index (κ3) is 3.61. The Morgan fingerprint density at radius 2 is 2.22 bits per heavy atom. The van der Waals surface area contributed by atoms with Gasteiger partial charge in [0, 0.05) is 32.6 Å². The number of ether oxygens (including phenoxy) is 1. The molecule has 1 aromatic heterocycles. The van der Waals surface area contributed by atoms with Crippen molar-refractivity contribution in [1.82, 2.24) is 9.97 Å². The van der Waals surface area contributed by atoms with Gasteiger partial charge in [0.2, 0.25) is 0 Å². The van der Waals surface area contributed by atoms with Gasteiger partial charge in [-0.05, 0) is 18.8 Å². The van der Waals surface area contributed by atoms with Gasteiger partial charge in [-0.1, -0.05) is 12.2 Å².